The molecular formula is C3H7KO2. The molecule has 0 aromatic heterocycles. The Labute approximate surface area is 79.3 Å². The van der Waals surface area contributed by atoms with Crippen molar-refractivity contribution < 1.29 is 9.90 Å². The van der Waals surface area contributed by atoms with Crippen LogP contribution in [0.4, 0.5) is 0 Å². The van der Waals surface area contributed by atoms with Gasteiger partial charge in [-0.2, -0.15) is 0 Å². The fourth-order valence-corrected chi connectivity index (χ4v) is 0. The fourth-order valence-electron chi connectivity index (χ4n) is 0. The SMILES string of the molecule is CCC(=O)O.[KH]. The van der Waals surface area contributed by atoms with E-state index in [9.17, 15) is 4.79 Å². The van der Waals surface area contributed by atoms with Gasteiger partial charge in [0.25, 0.3) is 0 Å². The molecule has 0 saturated heterocycles. The van der Waals surface area contributed by atoms with Gasteiger partial charge in [0.2, 0.25) is 0 Å². The molecule has 2 nitrogen and oxygen atoms in total. The molecule has 6 heavy (non-hydrogen) atoms. The van der Waals surface area contributed by atoms with Crippen molar-refractivity contribution in [2.24, 2.45) is 0 Å². The number of rotatable bonds is 1. The molecule has 3 heteroatoms. The molecule has 0 unspecified atom stereocenters. The van der Waals surface area contributed by atoms with Crippen LogP contribution in [-0.2, 0) is 4.79 Å². The molecule has 0 aromatic rings. The Balaban J connectivity index is 0. The average molecular weight is 114 g/mol. The Hall–Kier alpha value is 1.11. The van der Waals surface area contributed by atoms with E-state index in [-0.39, 0.29) is 57.8 Å². The fraction of sp³-hybridized carbons (Fsp3) is 0.667. The van der Waals surface area contributed by atoms with Crippen LogP contribution in [0.5, 0.6) is 0 Å². The summed E-state index contributed by atoms with van der Waals surface area (Å²) >= 11 is 0. The molecule has 32 valence electrons. The summed E-state index contributed by atoms with van der Waals surface area (Å²) in [7, 11) is 0. The third kappa shape index (κ3) is 8.92. The van der Waals surface area contributed by atoms with Crippen LogP contribution in [0.15, 0.2) is 0 Å². The zero-order valence-electron chi connectivity index (χ0n) is 3.06. The summed E-state index contributed by atoms with van der Waals surface area (Å²) < 4.78 is 0. The maximum absolute atomic E-state index is 9.37. The molecule has 0 aliphatic rings. The molecule has 0 rings (SSSR count). The molecule has 0 saturated carbocycles. The standard InChI is InChI=1S/C3H6O2.K.H/c1-2-3(4)5;;/h2H2,1H3,(H,4,5);;. The van der Waals surface area contributed by atoms with Gasteiger partial charge >= 0.3 is 57.4 Å². The quantitative estimate of drug-likeness (QED) is 0.481. The Kier molecular flexibility index (Phi) is 10.3. The number of aliphatic carboxylic acids is 1. The van der Waals surface area contributed by atoms with Crippen LogP contribution < -0.4 is 0 Å². The Morgan fingerprint density at radius 1 is 1.83 bits per heavy atom. The van der Waals surface area contributed by atoms with Crippen molar-refractivity contribution >= 4 is 57.4 Å². The second kappa shape index (κ2) is 6.11. The third-order valence-corrected chi connectivity index (χ3v) is 0.302. The summed E-state index contributed by atoms with van der Waals surface area (Å²) in [5.41, 5.74) is 0. The predicted molar refractivity (Wildman–Crippen MR) is 25.1 cm³/mol. The molecule has 0 fully saturated rings. The van der Waals surface area contributed by atoms with Crippen LogP contribution in [-0.4, -0.2) is 62.5 Å². The van der Waals surface area contributed by atoms with Gasteiger partial charge in [0.05, 0.1) is 0 Å². The van der Waals surface area contributed by atoms with Crippen molar-refractivity contribution in [3.63, 3.8) is 0 Å². The molecular weight excluding hydrogens is 107 g/mol. The van der Waals surface area contributed by atoms with E-state index >= 15 is 0 Å². The van der Waals surface area contributed by atoms with Gasteiger partial charge in [-0.3, -0.25) is 4.79 Å². The number of carbonyl (C=O) groups is 1. The van der Waals surface area contributed by atoms with Crippen LogP contribution in [0.3, 0.4) is 0 Å². The van der Waals surface area contributed by atoms with Gasteiger partial charge < -0.3 is 5.11 Å². The van der Waals surface area contributed by atoms with E-state index in [0.29, 0.717) is 0 Å². The van der Waals surface area contributed by atoms with Gasteiger partial charge in [0.15, 0.2) is 0 Å². The Morgan fingerprint density at radius 3 is 2.00 bits per heavy atom. The second-order valence-corrected chi connectivity index (χ2v) is 0.747. The number of hydrogen-bond donors (Lipinski definition) is 1. The summed E-state index contributed by atoms with van der Waals surface area (Å²) in [5.74, 6) is -0.745. The van der Waals surface area contributed by atoms with Crippen LogP contribution in [0.25, 0.3) is 0 Å². The van der Waals surface area contributed by atoms with Crippen LogP contribution in [0.2, 0.25) is 0 Å². The summed E-state index contributed by atoms with van der Waals surface area (Å²) in [5, 5.41) is 7.72. The predicted octanol–water partition coefficient (Wildman–Crippen LogP) is -0.167. The van der Waals surface area contributed by atoms with Gasteiger partial charge in [-0.25, -0.2) is 0 Å². The van der Waals surface area contributed by atoms with E-state index in [1.165, 1.54) is 0 Å². The van der Waals surface area contributed by atoms with Gasteiger partial charge in [-0.15, -0.1) is 0 Å². The monoisotopic (exact) mass is 114 g/mol. The maximum atomic E-state index is 9.37. The van der Waals surface area contributed by atoms with Crippen molar-refractivity contribution in [1.82, 2.24) is 0 Å². The van der Waals surface area contributed by atoms with Crippen LogP contribution in [0, 0.1) is 0 Å². The third-order valence-electron chi connectivity index (χ3n) is 0.302. The Bertz CT molecular complexity index is 44.1. The van der Waals surface area contributed by atoms with E-state index in [4.69, 9.17) is 5.11 Å². The first kappa shape index (κ1) is 10.2. The first-order valence-electron chi connectivity index (χ1n) is 1.49. The van der Waals surface area contributed by atoms with Crippen molar-refractivity contribution in [2.75, 3.05) is 0 Å². The first-order chi connectivity index (χ1) is 2.27. The molecule has 0 amide bonds. The van der Waals surface area contributed by atoms with Crippen molar-refractivity contribution in [2.45, 2.75) is 13.3 Å². The van der Waals surface area contributed by atoms with Gasteiger partial charge in [-0.05, 0) is 0 Å². The summed E-state index contributed by atoms with van der Waals surface area (Å²) in [6.07, 6.45) is 0.222. The normalized spacial score (nSPS) is 6.17. The van der Waals surface area contributed by atoms with Crippen LogP contribution in [0.1, 0.15) is 13.3 Å². The van der Waals surface area contributed by atoms with E-state index in [0.717, 1.165) is 0 Å². The molecule has 0 aromatic carbocycles. The number of carboxylic acid groups (broad SMARTS) is 1. The van der Waals surface area contributed by atoms with Gasteiger partial charge in [0, 0.05) is 6.42 Å². The van der Waals surface area contributed by atoms with E-state index in [1.54, 1.807) is 6.92 Å². The van der Waals surface area contributed by atoms with Crippen molar-refractivity contribution in [1.29, 1.82) is 0 Å². The first-order valence-corrected chi connectivity index (χ1v) is 1.49. The molecule has 0 aliphatic heterocycles. The van der Waals surface area contributed by atoms with Crippen molar-refractivity contribution in [3.05, 3.63) is 0 Å². The minimum atomic E-state index is -0.745. The molecule has 0 radical (unpaired) electrons. The zero-order chi connectivity index (χ0) is 4.28. The molecule has 0 bridgehead atoms. The number of carboxylic acids is 1. The summed E-state index contributed by atoms with van der Waals surface area (Å²) in [6, 6.07) is 0. The molecule has 0 aliphatic carbocycles. The Morgan fingerprint density at radius 2 is 2.00 bits per heavy atom. The summed E-state index contributed by atoms with van der Waals surface area (Å²) in [4.78, 5) is 9.37. The second-order valence-electron chi connectivity index (χ2n) is 0.747. The molecule has 0 atom stereocenters. The minimum absolute atomic E-state index is 0. The van der Waals surface area contributed by atoms with Crippen LogP contribution >= 0.6 is 0 Å². The zero-order valence-corrected chi connectivity index (χ0v) is 3.06. The van der Waals surface area contributed by atoms with E-state index in [1.807, 2.05) is 0 Å². The van der Waals surface area contributed by atoms with Crippen molar-refractivity contribution in [3.8, 4) is 0 Å². The molecule has 1 N–H and O–H groups in total. The van der Waals surface area contributed by atoms with Gasteiger partial charge in [0.1, 0.15) is 0 Å². The average Bonchev–Trinajstić information content (AvgIpc) is 1.38. The molecule has 0 heterocycles. The van der Waals surface area contributed by atoms with E-state index in [2.05, 4.69) is 0 Å². The topological polar surface area (TPSA) is 37.3 Å². The molecule has 0 spiro atoms. The number of hydrogen-bond acceptors (Lipinski definition) is 1. The van der Waals surface area contributed by atoms with Gasteiger partial charge in [-0.1, -0.05) is 6.92 Å². The summed E-state index contributed by atoms with van der Waals surface area (Å²) in [6.45, 7) is 1.60. The van der Waals surface area contributed by atoms with E-state index < -0.39 is 5.97 Å².